The Morgan fingerprint density at radius 3 is 2.89 bits per heavy atom. The van der Waals surface area contributed by atoms with Crippen molar-refractivity contribution >= 4 is 39.3 Å². The zero-order valence-electron chi connectivity index (χ0n) is 10.5. The first-order valence-corrected chi connectivity index (χ1v) is 7.54. The lowest BCUT2D eigenvalue weighted by molar-refractivity contribution is 0.618. The van der Waals surface area contributed by atoms with Crippen LogP contribution in [0.3, 0.4) is 0 Å². The minimum atomic E-state index is 0.322. The lowest BCUT2D eigenvalue weighted by Gasteiger charge is -2.10. The van der Waals surface area contributed by atoms with Gasteiger partial charge in [-0.05, 0) is 37.9 Å². The molecule has 0 saturated heterocycles. The highest BCUT2D eigenvalue weighted by Crippen LogP contribution is 2.38. The number of benzene rings is 1. The van der Waals surface area contributed by atoms with Crippen LogP contribution >= 0.6 is 23.4 Å². The fraction of sp³-hybridized carbons (Fsp3) is 0.357. The predicted molar refractivity (Wildman–Crippen MR) is 80.2 cm³/mol. The molecule has 0 aliphatic carbocycles. The molecule has 2 aromatic rings. The summed E-state index contributed by atoms with van der Waals surface area (Å²) in [5.41, 5.74) is 3.37. The second kappa shape index (κ2) is 4.63. The van der Waals surface area contributed by atoms with Gasteiger partial charge < -0.3 is 4.57 Å². The third kappa shape index (κ3) is 1.86. The zero-order valence-corrected chi connectivity index (χ0v) is 12.1. The van der Waals surface area contributed by atoms with Crippen molar-refractivity contribution in [2.75, 3.05) is 5.75 Å². The largest absolute Gasteiger partial charge is 0.312 e. The molecule has 1 aliphatic heterocycles. The van der Waals surface area contributed by atoms with Gasteiger partial charge in [-0.25, -0.2) is 4.98 Å². The van der Waals surface area contributed by atoms with Crippen molar-refractivity contribution < 1.29 is 0 Å². The molecule has 4 heteroatoms. The zero-order chi connectivity index (χ0) is 12.7. The van der Waals surface area contributed by atoms with E-state index in [1.54, 1.807) is 0 Å². The lowest BCUT2D eigenvalue weighted by Crippen LogP contribution is -2.00. The number of nitrogens with zero attached hydrogens (tertiary/aromatic N) is 2. The molecule has 0 fully saturated rings. The molecule has 0 spiro atoms. The Labute approximate surface area is 116 Å². The molecule has 1 aliphatic rings. The third-order valence-electron chi connectivity index (χ3n) is 3.16. The van der Waals surface area contributed by atoms with E-state index in [0.29, 0.717) is 11.3 Å². The number of allylic oxidation sites excluding steroid dienone is 1. The maximum atomic E-state index is 6.27. The maximum absolute atomic E-state index is 6.27. The van der Waals surface area contributed by atoms with E-state index < -0.39 is 0 Å². The molecule has 0 radical (unpaired) electrons. The summed E-state index contributed by atoms with van der Waals surface area (Å²) in [6, 6.07) is 6.65. The SMILES string of the molecule is CC(C)n1c(Cl)nc2c(C3=CCCS3)cccc21. The van der Waals surface area contributed by atoms with Crippen LogP contribution in [0, 0.1) is 0 Å². The molecule has 3 rings (SSSR count). The number of imidazole rings is 1. The summed E-state index contributed by atoms with van der Waals surface area (Å²) in [6.45, 7) is 4.26. The highest BCUT2D eigenvalue weighted by Gasteiger charge is 2.17. The van der Waals surface area contributed by atoms with Gasteiger partial charge in [0.25, 0.3) is 0 Å². The van der Waals surface area contributed by atoms with Gasteiger partial charge in [0.05, 0.1) is 11.0 Å². The molecule has 2 heterocycles. The smallest absolute Gasteiger partial charge is 0.204 e. The van der Waals surface area contributed by atoms with Crippen LogP contribution in [0.15, 0.2) is 24.3 Å². The van der Waals surface area contributed by atoms with Crippen LogP contribution in [0.4, 0.5) is 0 Å². The van der Waals surface area contributed by atoms with Crippen LogP contribution in [0.2, 0.25) is 5.28 Å². The quantitative estimate of drug-likeness (QED) is 0.789. The van der Waals surface area contributed by atoms with Crippen LogP contribution in [0.1, 0.15) is 31.9 Å². The normalized spacial score (nSPS) is 15.7. The van der Waals surface area contributed by atoms with Gasteiger partial charge in [0.1, 0.15) is 0 Å². The van der Waals surface area contributed by atoms with E-state index in [1.807, 2.05) is 11.8 Å². The van der Waals surface area contributed by atoms with Crippen molar-refractivity contribution in [2.45, 2.75) is 26.3 Å². The summed E-state index contributed by atoms with van der Waals surface area (Å²) in [5, 5.41) is 0.580. The van der Waals surface area contributed by atoms with Crippen LogP contribution in [0.5, 0.6) is 0 Å². The third-order valence-corrected chi connectivity index (χ3v) is 4.57. The fourth-order valence-electron chi connectivity index (χ4n) is 2.38. The highest BCUT2D eigenvalue weighted by molar-refractivity contribution is 8.08. The molecule has 2 nitrogen and oxygen atoms in total. The van der Waals surface area contributed by atoms with Gasteiger partial charge in [0.15, 0.2) is 0 Å². The molecule has 1 aromatic carbocycles. The molecular formula is C14H15ClN2S. The first-order chi connectivity index (χ1) is 8.68. The van der Waals surface area contributed by atoms with Crippen molar-refractivity contribution in [2.24, 2.45) is 0 Å². The molecule has 0 atom stereocenters. The molecular weight excluding hydrogens is 264 g/mol. The van der Waals surface area contributed by atoms with Crippen molar-refractivity contribution in [3.63, 3.8) is 0 Å². The van der Waals surface area contributed by atoms with Crippen LogP contribution in [-0.4, -0.2) is 15.3 Å². The Morgan fingerprint density at radius 1 is 1.39 bits per heavy atom. The molecule has 0 N–H and O–H groups in total. The molecule has 0 saturated carbocycles. The number of para-hydroxylation sites is 1. The molecule has 18 heavy (non-hydrogen) atoms. The number of hydrogen-bond donors (Lipinski definition) is 0. The molecule has 0 unspecified atom stereocenters. The second-order valence-corrected chi connectivity index (χ2v) is 6.20. The van der Waals surface area contributed by atoms with E-state index in [0.717, 1.165) is 17.5 Å². The van der Waals surface area contributed by atoms with Crippen molar-refractivity contribution in [3.8, 4) is 0 Å². The van der Waals surface area contributed by atoms with Gasteiger partial charge in [0.2, 0.25) is 5.28 Å². The number of aromatic nitrogens is 2. The van der Waals surface area contributed by atoms with E-state index in [4.69, 9.17) is 11.6 Å². The summed E-state index contributed by atoms with van der Waals surface area (Å²) in [5.74, 6) is 1.17. The lowest BCUT2D eigenvalue weighted by atomic mass is 10.1. The molecule has 1 aromatic heterocycles. The summed E-state index contributed by atoms with van der Waals surface area (Å²) < 4.78 is 2.08. The van der Waals surface area contributed by atoms with Gasteiger partial charge in [-0.2, -0.15) is 0 Å². The van der Waals surface area contributed by atoms with E-state index in [2.05, 4.69) is 47.7 Å². The van der Waals surface area contributed by atoms with E-state index >= 15 is 0 Å². The Hall–Kier alpha value is -0.930. The summed E-state index contributed by atoms with van der Waals surface area (Å²) >= 11 is 8.17. The first-order valence-electron chi connectivity index (χ1n) is 6.18. The monoisotopic (exact) mass is 278 g/mol. The summed E-state index contributed by atoms with van der Waals surface area (Å²) in [6.07, 6.45) is 3.44. The maximum Gasteiger partial charge on any atom is 0.204 e. The number of thioether (sulfide) groups is 1. The topological polar surface area (TPSA) is 17.8 Å². The van der Waals surface area contributed by atoms with Crippen molar-refractivity contribution in [3.05, 3.63) is 35.1 Å². The summed E-state index contributed by atoms with van der Waals surface area (Å²) in [7, 11) is 0. The van der Waals surface area contributed by atoms with Crippen LogP contribution in [-0.2, 0) is 0 Å². The van der Waals surface area contributed by atoms with E-state index in [-0.39, 0.29) is 0 Å². The molecule has 0 amide bonds. The minimum Gasteiger partial charge on any atom is -0.312 e. The van der Waals surface area contributed by atoms with Gasteiger partial charge >= 0.3 is 0 Å². The Balaban J connectivity index is 2.26. The minimum absolute atomic E-state index is 0.322. The number of hydrogen-bond acceptors (Lipinski definition) is 2. The average Bonchev–Trinajstić information content (AvgIpc) is 2.93. The highest BCUT2D eigenvalue weighted by atomic mass is 35.5. The Bertz CT molecular complexity index is 628. The van der Waals surface area contributed by atoms with Gasteiger partial charge in [-0.1, -0.05) is 18.2 Å². The van der Waals surface area contributed by atoms with E-state index in [9.17, 15) is 0 Å². The van der Waals surface area contributed by atoms with Gasteiger partial charge in [0, 0.05) is 22.3 Å². The number of halogens is 1. The Morgan fingerprint density at radius 2 is 2.22 bits per heavy atom. The second-order valence-electron chi connectivity index (χ2n) is 4.72. The fourth-order valence-corrected chi connectivity index (χ4v) is 3.77. The first kappa shape index (κ1) is 12.1. The number of fused-ring (bicyclic) bond motifs is 1. The summed E-state index contributed by atoms with van der Waals surface area (Å²) in [4.78, 5) is 5.89. The van der Waals surface area contributed by atoms with Crippen LogP contribution < -0.4 is 0 Å². The number of rotatable bonds is 2. The molecule has 0 bridgehead atoms. The van der Waals surface area contributed by atoms with E-state index in [1.165, 1.54) is 16.2 Å². The average molecular weight is 279 g/mol. The van der Waals surface area contributed by atoms with Gasteiger partial charge in [-0.15, -0.1) is 11.8 Å². The van der Waals surface area contributed by atoms with Crippen LogP contribution in [0.25, 0.3) is 15.9 Å². The standard InChI is InChI=1S/C14H15ClN2S/c1-9(2)17-11-6-3-5-10(12-7-4-8-18-12)13(11)16-14(17)15/h3,5-7,9H,4,8H2,1-2H3. The van der Waals surface area contributed by atoms with Gasteiger partial charge in [-0.3, -0.25) is 0 Å². The van der Waals surface area contributed by atoms with Crippen molar-refractivity contribution in [1.29, 1.82) is 0 Å². The predicted octanol–water partition coefficient (Wildman–Crippen LogP) is 4.75. The Kier molecular flexibility index (Phi) is 3.12. The molecule has 94 valence electrons. The van der Waals surface area contributed by atoms with Crippen molar-refractivity contribution in [1.82, 2.24) is 9.55 Å².